The van der Waals surface area contributed by atoms with Crippen LogP contribution in [0.15, 0.2) is 30.3 Å². The minimum absolute atomic E-state index is 0.567. The molecule has 3 nitrogen and oxygen atoms in total. The predicted molar refractivity (Wildman–Crippen MR) is 63.8 cm³/mol. The fourth-order valence-electron chi connectivity index (χ4n) is 1.37. The lowest BCUT2D eigenvalue weighted by Gasteiger charge is -2.04. The molecule has 0 spiro atoms. The van der Waals surface area contributed by atoms with Gasteiger partial charge in [0, 0.05) is 22.3 Å². The van der Waals surface area contributed by atoms with Gasteiger partial charge in [0.15, 0.2) is 5.82 Å². The van der Waals surface area contributed by atoms with Gasteiger partial charge >= 0.3 is 0 Å². The van der Waals surface area contributed by atoms with Crippen molar-refractivity contribution in [2.24, 2.45) is 0 Å². The second-order valence-electron chi connectivity index (χ2n) is 3.38. The Balaban J connectivity index is 2.47. The van der Waals surface area contributed by atoms with E-state index in [0.29, 0.717) is 16.7 Å². The van der Waals surface area contributed by atoms with Gasteiger partial charge in [-0.25, -0.2) is 4.98 Å². The van der Waals surface area contributed by atoms with Crippen LogP contribution in [0, 0.1) is 6.92 Å². The third-order valence-electron chi connectivity index (χ3n) is 2.14. The fraction of sp³-hybridized carbons (Fsp3) is 0.167. The summed E-state index contributed by atoms with van der Waals surface area (Å²) in [5, 5.41) is 0.698. The van der Waals surface area contributed by atoms with Crippen molar-refractivity contribution in [3.05, 3.63) is 41.0 Å². The van der Waals surface area contributed by atoms with Crippen LogP contribution in [-0.2, 0) is 0 Å². The fourth-order valence-corrected chi connectivity index (χ4v) is 1.50. The molecule has 0 saturated heterocycles. The predicted octanol–water partition coefficient (Wildman–Crippen LogP) is 3.11. The van der Waals surface area contributed by atoms with Gasteiger partial charge in [0.05, 0.1) is 7.11 Å². The standard InChI is InChI=1S/C12H11ClN2O/c1-8-7-11(16-2)15-12(14-8)9-3-5-10(13)6-4-9/h3-7H,1-2H3. The molecule has 0 N–H and O–H groups in total. The Morgan fingerprint density at radius 2 is 1.81 bits per heavy atom. The Morgan fingerprint density at radius 1 is 1.12 bits per heavy atom. The molecule has 4 heteroatoms. The van der Waals surface area contributed by atoms with E-state index in [4.69, 9.17) is 16.3 Å². The average molecular weight is 235 g/mol. The maximum absolute atomic E-state index is 5.82. The number of halogens is 1. The molecule has 0 aliphatic carbocycles. The monoisotopic (exact) mass is 234 g/mol. The summed E-state index contributed by atoms with van der Waals surface area (Å²) in [6, 6.07) is 9.19. The molecule has 1 aromatic heterocycles. The number of methoxy groups -OCH3 is 1. The van der Waals surface area contributed by atoms with E-state index < -0.39 is 0 Å². The van der Waals surface area contributed by atoms with Gasteiger partial charge in [0.25, 0.3) is 0 Å². The molecule has 0 fully saturated rings. The van der Waals surface area contributed by atoms with Gasteiger partial charge in [-0.1, -0.05) is 11.6 Å². The van der Waals surface area contributed by atoms with E-state index in [0.717, 1.165) is 11.3 Å². The van der Waals surface area contributed by atoms with Crippen molar-refractivity contribution in [1.29, 1.82) is 0 Å². The van der Waals surface area contributed by atoms with Crippen LogP contribution in [0.5, 0.6) is 5.88 Å². The first-order chi connectivity index (χ1) is 7.69. The molecule has 2 aromatic rings. The molecule has 0 aliphatic rings. The van der Waals surface area contributed by atoms with Crippen LogP contribution in [0.3, 0.4) is 0 Å². The molecule has 0 atom stereocenters. The first kappa shape index (κ1) is 10.9. The Hall–Kier alpha value is -1.61. The van der Waals surface area contributed by atoms with Gasteiger partial charge in [-0.15, -0.1) is 0 Å². The van der Waals surface area contributed by atoms with Gasteiger partial charge in [-0.05, 0) is 31.2 Å². The Morgan fingerprint density at radius 3 is 2.44 bits per heavy atom. The number of aryl methyl sites for hydroxylation is 1. The second-order valence-corrected chi connectivity index (χ2v) is 3.82. The largest absolute Gasteiger partial charge is 0.481 e. The van der Waals surface area contributed by atoms with Crippen LogP contribution < -0.4 is 4.74 Å². The summed E-state index contributed by atoms with van der Waals surface area (Å²) < 4.78 is 5.10. The number of nitrogens with zero attached hydrogens (tertiary/aromatic N) is 2. The molecular weight excluding hydrogens is 224 g/mol. The molecule has 0 unspecified atom stereocenters. The van der Waals surface area contributed by atoms with Crippen molar-refractivity contribution in [3.63, 3.8) is 0 Å². The Kier molecular flexibility index (Phi) is 3.06. The molecular formula is C12H11ClN2O. The molecule has 1 heterocycles. The van der Waals surface area contributed by atoms with E-state index in [1.165, 1.54) is 0 Å². The highest BCUT2D eigenvalue weighted by molar-refractivity contribution is 6.30. The van der Waals surface area contributed by atoms with E-state index in [1.54, 1.807) is 13.2 Å². The van der Waals surface area contributed by atoms with Gasteiger partial charge in [0.2, 0.25) is 5.88 Å². The van der Waals surface area contributed by atoms with E-state index >= 15 is 0 Å². The lowest BCUT2D eigenvalue weighted by Crippen LogP contribution is -1.95. The summed E-state index contributed by atoms with van der Waals surface area (Å²) in [4.78, 5) is 8.62. The smallest absolute Gasteiger partial charge is 0.216 e. The van der Waals surface area contributed by atoms with Gasteiger partial charge in [0.1, 0.15) is 0 Å². The SMILES string of the molecule is COc1cc(C)nc(-c2ccc(Cl)cc2)n1. The summed E-state index contributed by atoms with van der Waals surface area (Å²) in [5.41, 5.74) is 1.79. The van der Waals surface area contributed by atoms with E-state index in [1.807, 2.05) is 31.2 Å². The minimum Gasteiger partial charge on any atom is -0.481 e. The second kappa shape index (κ2) is 4.49. The summed E-state index contributed by atoms with van der Waals surface area (Å²) in [7, 11) is 1.59. The van der Waals surface area contributed by atoms with Crippen molar-refractivity contribution in [2.45, 2.75) is 6.92 Å². The van der Waals surface area contributed by atoms with Crippen LogP contribution in [0.25, 0.3) is 11.4 Å². The molecule has 0 aliphatic heterocycles. The third-order valence-corrected chi connectivity index (χ3v) is 2.39. The highest BCUT2D eigenvalue weighted by atomic mass is 35.5. The molecule has 82 valence electrons. The van der Waals surface area contributed by atoms with Gasteiger partial charge in [-0.2, -0.15) is 4.98 Å². The van der Waals surface area contributed by atoms with Crippen molar-refractivity contribution < 1.29 is 4.74 Å². The summed E-state index contributed by atoms with van der Waals surface area (Å²) in [6.07, 6.45) is 0. The zero-order valence-electron chi connectivity index (χ0n) is 9.07. The van der Waals surface area contributed by atoms with E-state index in [9.17, 15) is 0 Å². The van der Waals surface area contributed by atoms with Crippen molar-refractivity contribution in [1.82, 2.24) is 9.97 Å². The number of hydrogen-bond acceptors (Lipinski definition) is 3. The van der Waals surface area contributed by atoms with Crippen LogP contribution in [-0.4, -0.2) is 17.1 Å². The Labute approximate surface area is 99.1 Å². The first-order valence-electron chi connectivity index (χ1n) is 4.84. The lowest BCUT2D eigenvalue weighted by molar-refractivity contribution is 0.397. The molecule has 0 amide bonds. The van der Waals surface area contributed by atoms with Crippen LogP contribution in [0.4, 0.5) is 0 Å². The molecule has 0 radical (unpaired) electrons. The highest BCUT2D eigenvalue weighted by Gasteiger charge is 2.04. The Bertz CT molecular complexity index is 497. The number of aromatic nitrogens is 2. The molecule has 0 saturated carbocycles. The van der Waals surface area contributed by atoms with Crippen molar-refractivity contribution in [2.75, 3.05) is 7.11 Å². The molecule has 2 rings (SSSR count). The highest BCUT2D eigenvalue weighted by Crippen LogP contribution is 2.20. The summed E-state index contributed by atoms with van der Waals surface area (Å²) in [6.45, 7) is 1.91. The summed E-state index contributed by atoms with van der Waals surface area (Å²) >= 11 is 5.82. The van der Waals surface area contributed by atoms with Crippen molar-refractivity contribution >= 4 is 11.6 Å². The zero-order chi connectivity index (χ0) is 11.5. The number of hydrogen-bond donors (Lipinski definition) is 0. The number of ether oxygens (including phenoxy) is 1. The maximum atomic E-state index is 5.82. The molecule has 1 aromatic carbocycles. The molecule has 0 bridgehead atoms. The van der Waals surface area contributed by atoms with Gasteiger partial charge < -0.3 is 4.74 Å². The maximum Gasteiger partial charge on any atom is 0.216 e. The van der Waals surface area contributed by atoms with Crippen molar-refractivity contribution in [3.8, 4) is 17.3 Å². The van der Waals surface area contributed by atoms with Crippen LogP contribution in [0.1, 0.15) is 5.69 Å². The topological polar surface area (TPSA) is 35.0 Å². The minimum atomic E-state index is 0.567. The number of rotatable bonds is 2. The zero-order valence-corrected chi connectivity index (χ0v) is 9.82. The van der Waals surface area contributed by atoms with Crippen LogP contribution >= 0.6 is 11.6 Å². The van der Waals surface area contributed by atoms with E-state index in [2.05, 4.69) is 9.97 Å². The van der Waals surface area contributed by atoms with Crippen LogP contribution in [0.2, 0.25) is 5.02 Å². The van der Waals surface area contributed by atoms with Gasteiger partial charge in [-0.3, -0.25) is 0 Å². The normalized spacial score (nSPS) is 10.2. The molecule has 16 heavy (non-hydrogen) atoms. The summed E-state index contributed by atoms with van der Waals surface area (Å²) in [5.74, 6) is 1.21. The lowest BCUT2D eigenvalue weighted by atomic mass is 10.2. The van der Waals surface area contributed by atoms with E-state index in [-0.39, 0.29) is 0 Å². The first-order valence-corrected chi connectivity index (χ1v) is 5.22. The average Bonchev–Trinajstić information content (AvgIpc) is 2.29. The number of benzene rings is 1. The third kappa shape index (κ3) is 2.31. The quantitative estimate of drug-likeness (QED) is 0.801.